The summed E-state index contributed by atoms with van der Waals surface area (Å²) in [5.41, 5.74) is 1.80. The number of non-ortho nitro benzene ring substituents is 1. The van der Waals surface area contributed by atoms with E-state index < -0.39 is 14.9 Å². The van der Waals surface area contributed by atoms with Crippen molar-refractivity contribution in [2.24, 2.45) is 0 Å². The largest absolute Gasteiger partial charge is 0.299 e. The second kappa shape index (κ2) is 8.60. The number of nitro groups is 1. The molecule has 144 valence electrons. The van der Waals surface area contributed by atoms with Gasteiger partial charge in [-0.15, -0.1) is 0 Å². The molecule has 0 unspecified atom stereocenters. The maximum absolute atomic E-state index is 12.4. The van der Waals surface area contributed by atoms with Crippen LogP contribution in [-0.4, -0.2) is 31.3 Å². The van der Waals surface area contributed by atoms with E-state index in [4.69, 9.17) is 0 Å². The average molecular weight is 389 g/mol. The van der Waals surface area contributed by atoms with E-state index in [1.165, 1.54) is 43.0 Å². The van der Waals surface area contributed by atoms with E-state index in [1.54, 1.807) is 0 Å². The van der Waals surface area contributed by atoms with Crippen molar-refractivity contribution in [3.8, 4) is 0 Å². The number of hydrogen-bond donors (Lipinski definition) is 1. The molecule has 2 aromatic carbocycles. The lowest BCUT2D eigenvalue weighted by Crippen LogP contribution is -2.29. The molecule has 1 saturated heterocycles. The van der Waals surface area contributed by atoms with Crippen LogP contribution in [0, 0.1) is 10.1 Å². The third kappa shape index (κ3) is 5.35. The SMILES string of the molecule is O=[N+]([O-])c1cccc(S(=O)(=O)NCc2ccc(CN3CCCCC3)cc2)c1. The zero-order chi connectivity index (χ0) is 19.3. The number of sulfonamides is 1. The van der Waals surface area contributed by atoms with Crippen molar-refractivity contribution in [1.82, 2.24) is 9.62 Å². The highest BCUT2D eigenvalue weighted by atomic mass is 32.2. The van der Waals surface area contributed by atoms with Crippen molar-refractivity contribution < 1.29 is 13.3 Å². The van der Waals surface area contributed by atoms with Crippen molar-refractivity contribution in [1.29, 1.82) is 0 Å². The van der Waals surface area contributed by atoms with Crippen LogP contribution in [0.4, 0.5) is 5.69 Å². The number of rotatable bonds is 7. The number of hydrogen-bond acceptors (Lipinski definition) is 5. The maximum Gasteiger partial charge on any atom is 0.270 e. The van der Waals surface area contributed by atoms with E-state index in [-0.39, 0.29) is 17.1 Å². The average Bonchev–Trinajstić information content (AvgIpc) is 2.68. The van der Waals surface area contributed by atoms with Gasteiger partial charge in [-0.3, -0.25) is 15.0 Å². The molecule has 0 bridgehead atoms. The maximum atomic E-state index is 12.4. The monoisotopic (exact) mass is 389 g/mol. The third-order valence-corrected chi connectivity index (χ3v) is 6.08. The Kier molecular flexibility index (Phi) is 6.20. The third-order valence-electron chi connectivity index (χ3n) is 4.68. The first-order chi connectivity index (χ1) is 12.9. The van der Waals surface area contributed by atoms with Gasteiger partial charge in [0.2, 0.25) is 10.0 Å². The molecule has 1 aliphatic heterocycles. The highest BCUT2D eigenvalue weighted by molar-refractivity contribution is 7.89. The molecule has 0 saturated carbocycles. The van der Waals surface area contributed by atoms with Crippen LogP contribution in [0.2, 0.25) is 0 Å². The van der Waals surface area contributed by atoms with Gasteiger partial charge in [-0.25, -0.2) is 13.1 Å². The summed E-state index contributed by atoms with van der Waals surface area (Å²) in [7, 11) is -3.81. The molecule has 1 aliphatic rings. The van der Waals surface area contributed by atoms with E-state index >= 15 is 0 Å². The Morgan fingerprint density at radius 1 is 1.00 bits per heavy atom. The molecule has 2 aromatic rings. The zero-order valence-electron chi connectivity index (χ0n) is 15.0. The molecular formula is C19H23N3O4S. The van der Waals surface area contributed by atoms with Gasteiger partial charge in [0.25, 0.3) is 5.69 Å². The molecule has 3 rings (SSSR count). The number of nitrogens with zero attached hydrogens (tertiary/aromatic N) is 2. The second-order valence-corrected chi connectivity index (χ2v) is 8.50. The van der Waals surface area contributed by atoms with Crippen LogP contribution >= 0.6 is 0 Å². The quantitative estimate of drug-likeness (QED) is 0.580. The van der Waals surface area contributed by atoms with Crippen LogP contribution in [0.1, 0.15) is 30.4 Å². The number of nitrogens with one attached hydrogen (secondary N) is 1. The van der Waals surface area contributed by atoms with Gasteiger partial charge in [0.05, 0.1) is 9.82 Å². The van der Waals surface area contributed by atoms with Crippen LogP contribution in [0.15, 0.2) is 53.4 Å². The summed E-state index contributed by atoms with van der Waals surface area (Å²) in [5.74, 6) is 0. The molecule has 0 amide bonds. The first-order valence-corrected chi connectivity index (χ1v) is 10.5. The summed E-state index contributed by atoms with van der Waals surface area (Å²) in [6, 6.07) is 12.9. The van der Waals surface area contributed by atoms with Gasteiger partial charge in [0, 0.05) is 25.2 Å². The molecule has 7 nitrogen and oxygen atoms in total. The Bertz CT molecular complexity index is 891. The normalized spacial score (nSPS) is 15.6. The fourth-order valence-electron chi connectivity index (χ4n) is 3.16. The van der Waals surface area contributed by atoms with E-state index in [1.807, 2.05) is 24.3 Å². The van der Waals surface area contributed by atoms with Gasteiger partial charge < -0.3 is 0 Å². The molecule has 0 spiro atoms. The molecule has 0 atom stereocenters. The van der Waals surface area contributed by atoms with Crippen LogP contribution in [0.25, 0.3) is 0 Å². The van der Waals surface area contributed by atoms with Gasteiger partial charge in [-0.1, -0.05) is 36.8 Å². The van der Waals surface area contributed by atoms with Crippen molar-refractivity contribution in [3.05, 3.63) is 69.8 Å². The highest BCUT2D eigenvalue weighted by Crippen LogP contribution is 2.18. The lowest BCUT2D eigenvalue weighted by molar-refractivity contribution is -0.385. The smallest absolute Gasteiger partial charge is 0.270 e. The fourth-order valence-corrected chi connectivity index (χ4v) is 4.22. The van der Waals surface area contributed by atoms with Gasteiger partial charge in [0.1, 0.15) is 0 Å². The minimum atomic E-state index is -3.81. The number of piperidine rings is 1. The van der Waals surface area contributed by atoms with Crippen LogP contribution in [0.3, 0.4) is 0 Å². The molecule has 0 radical (unpaired) electrons. The first kappa shape index (κ1) is 19.5. The van der Waals surface area contributed by atoms with Crippen molar-refractivity contribution in [2.45, 2.75) is 37.2 Å². The summed E-state index contributed by atoms with van der Waals surface area (Å²) in [6.07, 6.45) is 3.80. The molecule has 27 heavy (non-hydrogen) atoms. The summed E-state index contributed by atoms with van der Waals surface area (Å²) < 4.78 is 27.2. The molecule has 1 heterocycles. The van der Waals surface area contributed by atoms with Crippen LogP contribution < -0.4 is 4.72 Å². The summed E-state index contributed by atoms with van der Waals surface area (Å²) >= 11 is 0. The molecule has 8 heteroatoms. The Labute approximate surface area is 159 Å². The minimum Gasteiger partial charge on any atom is -0.299 e. The van der Waals surface area contributed by atoms with Gasteiger partial charge in [0.15, 0.2) is 0 Å². The predicted molar refractivity (Wildman–Crippen MR) is 103 cm³/mol. The van der Waals surface area contributed by atoms with Crippen molar-refractivity contribution in [3.63, 3.8) is 0 Å². The second-order valence-electron chi connectivity index (χ2n) is 6.73. The van der Waals surface area contributed by atoms with E-state index in [2.05, 4.69) is 9.62 Å². The Morgan fingerprint density at radius 2 is 1.67 bits per heavy atom. The van der Waals surface area contributed by atoms with Gasteiger partial charge >= 0.3 is 0 Å². The predicted octanol–water partition coefficient (Wildman–Crippen LogP) is 3.06. The zero-order valence-corrected chi connectivity index (χ0v) is 15.8. The standard InChI is InChI=1S/C19H23N3O4S/c23-22(24)18-5-4-6-19(13-18)27(25,26)20-14-16-7-9-17(10-8-16)15-21-11-2-1-3-12-21/h4-10,13,20H,1-3,11-12,14-15H2. The van der Waals surface area contributed by atoms with Gasteiger partial charge in [-0.2, -0.15) is 0 Å². The highest BCUT2D eigenvalue weighted by Gasteiger charge is 2.17. The fraction of sp³-hybridized carbons (Fsp3) is 0.368. The van der Waals surface area contributed by atoms with Crippen molar-refractivity contribution in [2.75, 3.05) is 13.1 Å². The minimum absolute atomic E-state index is 0.113. The van der Waals surface area contributed by atoms with Crippen LogP contribution in [0.5, 0.6) is 0 Å². The summed E-state index contributed by atoms with van der Waals surface area (Å²) in [4.78, 5) is 12.5. The number of nitro benzene ring substituents is 1. The Hall–Kier alpha value is -2.29. The van der Waals surface area contributed by atoms with E-state index in [9.17, 15) is 18.5 Å². The first-order valence-electron chi connectivity index (χ1n) is 8.98. The van der Waals surface area contributed by atoms with Crippen molar-refractivity contribution >= 4 is 15.7 Å². The van der Waals surface area contributed by atoms with Gasteiger partial charge in [-0.05, 0) is 43.1 Å². The topological polar surface area (TPSA) is 92.5 Å². The summed E-state index contributed by atoms with van der Waals surface area (Å²) in [6.45, 7) is 3.31. The Balaban J connectivity index is 1.60. The molecule has 0 aromatic heterocycles. The van der Waals surface area contributed by atoms with E-state index in [0.717, 1.165) is 31.3 Å². The lowest BCUT2D eigenvalue weighted by atomic mass is 10.1. The summed E-state index contributed by atoms with van der Waals surface area (Å²) in [5, 5.41) is 10.8. The number of benzene rings is 2. The Morgan fingerprint density at radius 3 is 2.33 bits per heavy atom. The number of likely N-dealkylation sites (tertiary alicyclic amines) is 1. The molecular weight excluding hydrogens is 366 g/mol. The molecule has 0 aliphatic carbocycles. The lowest BCUT2D eigenvalue weighted by Gasteiger charge is -2.26. The van der Waals surface area contributed by atoms with E-state index in [0.29, 0.717) is 0 Å². The molecule has 1 fully saturated rings. The molecule has 1 N–H and O–H groups in total. The van der Waals surface area contributed by atoms with Crippen LogP contribution in [-0.2, 0) is 23.1 Å².